The molecule has 1 fully saturated rings. The summed E-state index contributed by atoms with van der Waals surface area (Å²) >= 11 is 0. The zero-order valence-corrected chi connectivity index (χ0v) is 9.62. The van der Waals surface area contributed by atoms with Crippen LogP contribution in [-0.2, 0) is 9.47 Å². The van der Waals surface area contributed by atoms with Gasteiger partial charge in [0.1, 0.15) is 0 Å². The van der Waals surface area contributed by atoms with Crippen molar-refractivity contribution < 1.29 is 14.3 Å². The predicted molar refractivity (Wildman–Crippen MR) is 57.7 cm³/mol. The van der Waals surface area contributed by atoms with Gasteiger partial charge in [-0.3, -0.25) is 0 Å². The summed E-state index contributed by atoms with van der Waals surface area (Å²) in [4.78, 5) is 11.1. The fourth-order valence-corrected chi connectivity index (χ4v) is 1.51. The molecule has 0 amide bonds. The Balaban J connectivity index is 2.05. The molecule has 1 saturated heterocycles. The van der Waals surface area contributed by atoms with Crippen LogP contribution in [0.3, 0.4) is 0 Å². The normalized spacial score (nSPS) is 17.8. The minimum atomic E-state index is -0.526. The minimum Gasteiger partial charge on any atom is -0.434 e. The van der Waals surface area contributed by atoms with Crippen LogP contribution in [0.2, 0.25) is 0 Å². The van der Waals surface area contributed by atoms with Gasteiger partial charge in [0.05, 0.1) is 13.2 Å². The van der Waals surface area contributed by atoms with Crippen molar-refractivity contribution in [2.24, 2.45) is 11.8 Å². The molecule has 0 radical (unpaired) electrons. The van der Waals surface area contributed by atoms with E-state index < -0.39 is 6.16 Å². The second kappa shape index (κ2) is 6.67. The summed E-state index contributed by atoms with van der Waals surface area (Å²) in [6, 6.07) is 0. The minimum absolute atomic E-state index is 0.358. The van der Waals surface area contributed by atoms with Crippen molar-refractivity contribution >= 4 is 6.16 Å². The van der Waals surface area contributed by atoms with Gasteiger partial charge in [-0.05, 0) is 37.8 Å². The lowest BCUT2D eigenvalue weighted by Gasteiger charge is -2.21. The first-order valence-electron chi connectivity index (χ1n) is 5.68. The summed E-state index contributed by atoms with van der Waals surface area (Å²) in [5.41, 5.74) is 0. The van der Waals surface area contributed by atoms with E-state index in [0.29, 0.717) is 25.0 Å². The molecule has 0 aromatic heterocycles. The van der Waals surface area contributed by atoms with Crippen LogP contribution in [0.15, 0.2) is 0 Å². The van der Waals surface area contributed by atoms with E-state index in [1.165, 1.54) is 0 Å². The van der Waals surface area contributed by atoms with E-state index in [1.807, 2.05) is 13.8 Å². The first kappa shape index (κ1) is 12.3. The van der Waals surface area contributed by atoms with E-state index >= 15 is 0 Å². The molecule has 1 heterocycles. The summed E-state index contributed by atoms with van der Waals surface area (Å²) in [5.74, 6) is 0.856. The molecule has 88 valence electrons. The first-order chi connectivity index (χ1) is 7.18. The standard InChI is InChI=1S/C11H21NO3/c1-9(2)7-14-11(13)15-8-10-3-5-12-6-4-10/h9-10,12H,3-8H2,1-2H3. The fourth-order valence-electron chi connectivity index (χ4n) is 1.51. The molecule has 1 N–H and O–H groups in total. The summed E-state index contributed by atoms with van der Waals surface area (Å²) < 4.78 is 9.96. The Hall–Kier alpha value is -0.770. The van der Waals surface area contributed by atoms with Crippen LogP contribution >= 0.6 is 0 Å². The average Bonchev–Trinajstić information content (AvgIpc) is 2.25. The molecule has 1 aliphatic heterocycles. The molecule has 0 spiro atoms. The van der Waals surface area contributed by atoms with Gasteiger partial charge in [0, 0.05) is 0 Å². The van der Waals surface area contributed by atoms with Crippen LogP contribution in [-0.4, -0.2) is 32.5 Å². The molecule has 15 heavy (non-hydrogen) atoms. The number of rotatable bonds is 4. The van der Waals surface area contributed by atoms with E-state index in [1.54, 1.807) is 0 Å². The molecule has 0 saturated carbocycles. The van der Waals surface area contributed by atoms with Crippen LogP contribution in [0.5, 0.6) is 0 Å². The average molecular weight is 215 g/mol. The van der Waals surface area contributed by atoms with E-state index in [0.717, 1.165) is 25.9 Å². The molecular weight excluding hydrogens is 194 g/mol. The van der Waals surface area contributed by atoms with Crippen molar-refractivity contribution in [2.75, 3.05) is 26.3 Å². The van der Waals surface area contributed by atoms with Crippen molar-refractivity contribution in [2.45, 2.75) is 26.7 Å². The zero-order valence-electron chi connectivity index (χ0n) is 9.62. The highest BCUT2D eigenvalue weighted by Crippen LogP contribution is 2.12. The molecule has 0 atom stereocenters. The number of nitrogens with one attached hydrogen (secondary N) is 1. The summed E-state index contributed by atoms with van der Waals surface area (Å²) in [7, 11) is 0. The summed E-state index contributed by atoms with van der Waals surface area (Å²) in [6.07, 6.45) is 1.64. The van der Waals surface area contributed by atoms with Crippen LogP contribution in [0.1, 0.15) is 26.7 Å². The van der Waals surface area contributed by atoms with Gasteiger partial charge in [0.2, 0.25) is 0 Å². The van der Waals surface area contributed by atoms with Crippen molar-refractivity contribution in [3.63, 3.8) is 0 Å². The van der Waals surface area contributed by atoms with Crippen LogP contribution in [0.25, 0.3) is 0 Å². The van der Waals surface area contributed by atoms with E-state index in [-0.39, 0.29) is 0 Å². The quantitative estimate of drug-likeness (QED) is 0.726. The number of ether oxygens (including phenoxy) is 2. The SMILES string of the molecule is CC(C)COC(=O)OCC1CCNCC1. The summed E-state index contributed by atoms with van der Waals surface area (Å²) in [6.45, 7) is 6.98. The Morgan fingerprint density at radius 3 is 2.60 bits per heavy atom. The predicted octanol–water partition coefficient (Wildman–Crippen LogP) is 1.80. The molecule has 0 aliphatic carbocycles. The molecule has 0 bridgehead atoms. The highest BCUT2D eigenvalue weighted by molar-refractivity contribution is 5.59. The molecule has 1 rings (SSSR count). The number of carbonyl (C=O) groups excluding carboxylic acids is 1. The second-order valence-electron chi connectivity index (χ2n) is 4.46. The summed E-state index contributed by atoms with van der Waals surface area (Å²) in [5, 5.41) is 3.27. The van der Waals surface area contributed by atoms with Crippen molar-refractivity contribution in [1.29, 1.82) is 0 Å². The first-order valence-corrected chi connectivity index (χ1v) is 5.68. The molecule has 0 aromatic rings. The molecule has 4 nitrogen and oxygen atoms in total. The van der Waals surface area contributed by atoms with Crippen LogP contribution < -0.4 is 5.32 Å². The van der Waals surface area contributed by atoms with Gasteiger partial charge in [-0.2, -0.15) is 0 Å². The highest BCUT2D eigenvalue weighted by atomic mass is 16.7. The Morgan fingerprint density at radius 1 is 1.33 bits per heavy atom. The third-order valence-corrected chi connectivity index (χ3v) is 2.43. The van der Waals surface area contributed by atoms with Gasteiger partial charge < -0.3 is 14.8 Å². The largest absolute Gasteiger partial charge is 0.508 e. The van der Waals surface area contributed by atoms with Gasteiger partial charge >= 0.3 is 6.16 Å². The number of hydrogen-bond acceptors (Lipinski definition) is 4. The maximum atomic E-state index is 11.1. The van der Waals surface area contributed by atoms with Crippen LogP contribution in [0.4, 0.5) is 4.79 Å². The Morgan fingerprint density at radius 2 is 2.00 bits per heavy atom. The highest BCUT2D eigenvalue weighted by Gasteiger charge is 2.15. The van der Waals surface area contributed by atoms with Crippen molar-refractivity contribution in [3.8, 4) is 0 Å². The fraction of sp³-hybridized carbons (Fsp3) is 0.909. The van der Waals surface area contributed by atoms with Crippen LogP contribution in [0, 0.1) is 11.8 Å². The van der Waals surface area contributed by atoms with Crippen molar-refractivity contribution in [1.82, 2.24) is 5.32 Å². The topological polar surface area (TPSA) is 47.6 Å². The molecule has 1 aliphatic rings. The third-order valence-electron chi connectivity index (χ3n) is 2.43. The maximum Gasteiger partial charge on any atom is 0.508 e. The van der Waals surface area contributed by atoms with E-state index in [9.17, 15) is 4.79 Å². The molecular formula is C11H21NO3. The van der Waals surface area contributed by atoms with E-state index in [4.69, 9.17) is 9.47 Å². The second-order valence-corrected chi connectivity index (χ2v) is 4.46. The zero-order chi connectivity index (χ0) is 11.1. The molecule has 0 unspecified atom stereocenters. The smallest absolute Gasteiger partial charge is 0.434 e. The lowest BCUT2D eigenvalue weighted by atomic mass is 9.99. The monoisotopic (exact) mass is 215 g/mol. The van der Waals surface area contributed by atoms with E-state index in [2.05, 4.69) is 5.32 Å². The lowest BCUT2D eigenvalue weighted by Crippen LogP contribution is -2.30. The Bertz CT molecular complexity index is 188. The molecule has 0 aromatic carbocycles. The van der Waals surface area contributed by atoms with Gasteiger partial charge in [-0.1, -0.05) is 13.8 Å². The van der Waals surface area contributed by atoms with Gasteiger partial charge in [0.15, 0.2) is 0 Å². The third kappa shape index (κ3) is 5.62. The Kier molecular flexibility index (Phi) is 5.47. The van der Waals surface area contributed by atoms with Crippen molar-refractivity contribution in [3.05, 3.63) is 0 Å². The van der Waals surface area contributed by atoms with Gasteiger partial charge in [-0.25, -0.2) is 4.79 Å². The lowest BCUT2D eigenvalue weighted by molar-refractivity contribution is 0.0341. The number of carbonyl (C=O) groups is 1. The molecule has 4 heteroatoms. The van der Waals surface area contributed by atoms with Gasteiger partial charge in [0.25, 0.3) is 0 Å². The number of hydrogen-bond donors (Lipinski definition) is 1. The number of piperidine rings is 1. The Labute approximate surface area is 91.3 Å². The van der Waals surface area contributed by atoms with Gasteiger partial charge in [-0.15, -0.1) is 0 Å². The maximum absolute atomic E-state index is 11.1.